The highest BCUT2D eigenvalue weighted by Gasteiger charge is 2.41. The van der Waals surface area contributed by atoms with Gasteiger partial charge in [-0.2, -0.15) is 0 Å². The van der Waals surface area contributed by atoms with E-state index in [2.05, 4.69) is 4.74 Å². The lowest BCUT2D eigenvalue weighted by atomic mass is 9.95. The molecule has 0 amide bonds. The number of hydrogen-bond acceptors (Lipinski definition) is 3. The normalized spacial score (nSPS) is 39.5. The summed E-state index contributed by atoms with van der Waals surface area (Å²) in [7, 11) is 1.41. The van der Waals surface area contributed by atoms with Crippen LogP contribution in [0.1, 0.15) is 6.42 Å². The second kappa shape index (κ2) is 2.34. The van der Waals surface area contributed by atoms with Gasteiger partial charge in [0.05, 0.1) is 25.2 Å². The molecule has 0 aliphatic carbocycles. The Kier molecular flexibility index (Phi) is 1.46. The highest BCUT2D eigenvalue weighted by atomic mass is 16.5. The number of carbonyl (C=O) groups is 1. The van der Waals surface area contributed by atoms with Crippen LogP contribution in [0.15, 0.2) is 12.2 Å². The van der Waals surface area contributed by atoms with E-state index >= 15 is 0 Å². The number of carbonyl (C=O) groups excluding carboxylic acids is 1. The molecule has 2 bridgehead atoms. The van der Waals surface area contributed by atoms with Gasteiger partial charge in [-0.05, 0) is 6.42 Å². The fourth-order valence-corrected chi connectivity index (χ4v) is 1.66. The smallest absolute Gasteiger partial charge is 0.311 e. The standard InChI is InChI=1S/C8H10O3/c1-10-8(9)6-4-5-2-3-7(6)11-5/h2-3,5-7H,4H2,1H3/t5-,6?,7+/m0/s1. The maximum Gasteiger partial charge on any atom is 0.311 e. The Morgan fingerprint density at radius 3 is 2.91 bits per heavy atom. The lowest BCUT2D eigenvalue weighted by Gasteiger charge is -2.11. The Labute approximate surface area is 65.0 Å². The predicted molar refractivity (Wildman–Crippen MR) is 37.9 cm³/mol. The van der Waals surface area contributed by atoms with Gasteiger partial charge in [0.25, 0.3) is 0 Å². The van der Waals surface area contributed by atoms with Gasteiger partial charge in [0, 0.05) is 0 Å². The van der Waals surface area contributed by atoms with Crippen LogP contribution >= 0.6 is 0 Å². The van der Waals surface area contributed by atoms with Crippen molar-refractivity contribution >= 4 is 5.97 Å². The van der Waals surface area contributed by atoms with E-state index in [1.54, 1.807) is 0 Å². The third kappa shape index (κ3) is 0.959. The topological polar surface area (TPSA) is 35.5 Å². The summed E-state index contributed by atoms with van der Waals surface area (Å²) in [6.45, 7) is 0. The maximum absolute atomic E-state index is 11.1. The molecule has 0 N–H and O–H groups in total. The quantitative estimate of drug-likeness (QED) is 0.407. The molecule has 3 heteroatoms. The van der Waals surface area contributed by atoms with E-state index in [0.717, 1.165) is 6.42 Å². The molecule has 0 aromatic heterocycles. The molecule has 2 aliphatic heterocycles. The van der Waals surface area contributed by atoms with Crippen molar-refractivity contribution in [3.63, 3.8) is 0 Å². The zero-order valence-corrected chi connectivity index (χ0v) is 6.32. The predicted octanol–water partition coefficient (Wildman–Crippen LogP) is 0.503. The average molecular weight is 154 g/mol. The average Bonchev–Trinajstić information content (AvgIpc) is 2.62. The Hall–Kier alpha value is -0.830. The van der Waals surface area contributed by atoms with E-state index in [0.29, 0.717) is 0 Å². The number of rotatable bonds is 1. The molecule has 1 fully saturated rings. The highest BCUT2D eigenvalue weighted by Crippen LogP contribution is 2.34. The summed E-state index contributed by atoms with van der Waals surface area (Å²) in [5, 5.41) is 0. The van der Waals surface area contributed by atoms with Gasteiger partial charge in [0.1, 0.15) is 0 Å². The van der Waals surface area contributed by atoms with Gasteiger partial charge < -0.3 is 9.47 Å². The minimum absolute atomic E-state index is 0.0209. The van der Waals surface area contributed by atoms with E-state index in [-0.39, 0.29) is 24.1 Å². The molecule has 2 rings (SSSR count). The number of esters is 1. The summed E-state index contributed by atoms with van der Waals surface area (Å²) in [6, 6.07) is 0. The zero-order chi connectivity index (χ0) is 7.84. The van der Waals surface area contributed by atoms with Crippen molar-refractivity contribution in [1.82, 2.24) is 0 Å². The monoisotopic (exact) mass is 154 g/mol. The van der Waals surface area contributed by atoms with E-state index in [1.807, 2.05) is 12.2 Å². The first-order valence-electron chi connectivity index (χ1n) is 3.73. The van der Waals surface area contributed by atoms with Gasteiger partial charge >= 0.3 is 5.97 Å². The third-order valence-corrected chi connectivity index (χ3v) is 2.23. The Balaban J connectivity index is 2.08. The van der Waals surface area contributed by atoms with Gasteiger partial charge in [-0.25, -0.2) is 0 Å². The first-order chi connectivity index (χ1) is 5.31. The highest BCUT2D eigenvalue weighted by molar-refractivity contribution is 5.74. The van der Waals surface area contributed by atoms with Crippen molar-refractivity contribution < 1.29 is 14.3 Å². The number of hydrogen-bond donors (Lipinski definition) is 0. The molecule has 0 saturated carbocycles. The molecule has 0 spiro atoms. The van der Waals surface area contributed by atoms with E-state index in [1.165, 1.54) is 7.11 Å². The largest absolute Gasteiger partial charge is 0.469 e. The lowest BCUT2D eigenvalue weighted by molar-refractivity contribution is -0.146. The molecule has 0 aromatic carbocycles. The summed E-state index contributed by atoms with van der Waals surface area (Å²) in [4.78, 5) is 11.1. The van der Waals surface area contributed by atoms with Crippen LogP contribution in [0, 0.1) is 5.92 Å². The number of ether oxygens (including phenoxy) is 2. The van der Waals surface area contributed by atoms with Crippen molar-refractivity contribution in [2.45, 2.75) is 18.6 Å². The molecule has 60 valence electrons. The second-order valence-electron chi connectivity index (χ2n) is 2.89. The molecule has 1 saturated heterocycles. The molecule has 2 aliphatic rings. The van der Waals surface area contributed by atoms with Crippen LogP contribution in [0.3, 0.4) is 0 Å². The molecule has 2 heterocycles. The fraction of sp³-hybridized carbons (Fsp3) is 0.625. The fourth-order valence-electron chi connectivity index (χ4n) is 1.66. The minimum Gasteiger partial charge on any atom is -0.469 e. The molecule has 0 radical (unpaired) electrons. The van der Waals surface area contributed by atoms with Crippen LogP contribution in [0.5, 0.6) is 0 Å². The Morgan fingerprint density at radius 2 is 2.45 bits per heavy atom. The molecule has 3 atom stereocenters. The molecule has 3 nitrogen and oxygen atoms in total. The van der Waals surface area contributed by atoms with Crippen molar-refractivity contribution in [2.24, 2.45) is 5.92 Å². The molecular weight excluding hydrogens is 144 g/mol. The van der Waals surface area contributed by atoms with Crippen molar-refractivity contribution in [1.29, 1.82) is 0 Å². The summed E-state index contributed by atoms with van der Waals surface area (Å²) < 4.78 is 10.0. The number of methoxy groups -OCH3 is 1. The first-order valence-corrected chi connectivity index (χ1v) is 3.73. The zero-order valence-electron chi connectivity index (χ0n) is 6.32. The first kappa shape index (κ1) is 6.85. The van der Waals surface area contributed by atoms with Crippen molar-refractivity contribution in [3.05, 3.63) is 12.2 Å². The van der Waals surface area contributed by atoms with Crippen LogP contribution in [0.25, 0.3) is 0 Å². The second-order valence-corrected chi connectivity index (χ2v) is 2.89. The van der Waals surface area contributed by atoms with Gasteiger partial charge in [-0.3, -0.25) is 4.79 Å². The van der Waals surface area contributed by atoms with Gasteiger partial charge in [-0.15, -0.1) is 0 Å². The van der Waals surface area contributed by atoms with Gasteiger partial charge in [0.15, 0.2) is 0 Å². The summed E-state index contributed by atoms with van der Waals surface area (Å²) >= 11 is 0. The van der Waals surface area contributed by atoms with Crippen molar-refractivity contribution in [3.8, 4) is 0 Å². The Bertz CT molecular complexity index is 209. The van der Waals surface area contributed by atoms with Crippen molar-refractivity contribution in [2.75, 3.05) is 7.11 Å². The van der Waals surface area contributed by atoms with E-state index < -0.39 is 0 Å². The summed E-state index contributed by atoms with van der Waals surface area (Å²) in [6.07, 6.45) is 4.87. The van der Waals surface area contributed by atoms with Gasteiger partial charge in [0.2, 0.25) is 0 Å². The third-order valence-electron chi connectivity index (χ3n) is 2.23. The summed E-state index contributed by atoms with van der Waals surface area (Å²) in [5.41, 5.74) is 0. The molecule has 1 unspecified atom stereocenters. The lowest BCUT2D eigenvalue weighted by Crippen LogP contribution is -2.24. The van der Waals surface area contributed by atoms with Crippen LogP contribution in [0.4, 0.5) is 0 Å². The summed E-state index contributed by atoms with van der Waals surface area (Å²) in [5.74, 6) is -0.211. The number of fused-ring (bicyclic) bond motifs is 2. The molecule has 11 heavy (non-hydrogen) atoms. The van der Waals surface area contributed by atoms with Crippen LogP contribution in [-0.2, 0) is 14.3 Å². The Morgan fingerprint density at radius 1 is 1.64 bits per heavy atom. The maximum atomic E-state index is 11.1. The van der Waals surface area contributed by atoms with Crippen LogP contribution in [-0.4, -0.2) is 25.3 Å². The van der Waals surface area contributed by atoms with Crippen LogP contribution in [0.2, 0.25) is 0 Å². The van der Waals surface area contributed by atoms with Gasteiger partial charge in [-0.1, -0.05) is 12.2 Å². The minimum atomic E-state index is -0.151. The van der Waals surface area contributed by atoms with Crippen LogP contribution < -0.4 is 0 Å². The SMILES string of the molecule is COC(=O)C1C[C@@H]2C=C[C@H]1O2. The molecule has 0 aromatic rings. The van der Waals surface area contributed by atoms with E-state index in [9.17, 15) is 4.79 Å². The van der Waals surface area contributed by atoms with E-state index in [4.69, 9.17) is 4.74 Å². The molecular formula is C8H10O3.